The molecule has 0 bridgehead atoms. The quantitative estimate of drug-likeness (QED) is 0.710. The molecule has 1 amide bonds. The standard InChI is InChI=1S/C20H16N2O4/c23-19(18-17(20(24)25)7-4-12-21-18)22-15-8-10-16(11-9-15)26-13-14-5-2-1-3-6-14/h1-12H,13H2,(H,22,23)(H,24,25). The maximum absolute atomic E-state index is 12.3. The van der Waals surface area contributed by atoms with Gasteiger partial charge in [-0.1, -0.05) is 30.3 Å². The van der Waals surface area contributed by atoms with Crippen LogP contribution in [-0.4, -0.2) is 22.0 Å². The van der Waals surface area contributed by atoms with Gasteiger partial charge in [0.2, 0.25) is 0 Å². The molecule has 0 spiro atoms. The number of nitrogens with one attached hydrogen (secondary N) is 1. The fourth-order valence-corrected chi connectivity index (χ4v) is 2.32. The first-order valence-electron chi connectivity index (χ1n) is 7.90. The predicted molar refractivity (Wildman–Crippen MR) is 96.4 cm³/mol. The Bertz CT molecular complexity index is 909. The number of carboxylic acid groups (broad SMARTS) is 1. The first-order chi connectivity index (χ1) is 12.6. The maximum atomic E-state index is 12.3. The monoisotopic (exact) mass is 348 g/mol. The summed E-state index contributed by atoms with van der Waals surface area (Å²) in [7, 11) is 0. The van der Waals surface area contributed by atoms with E-state index in [0.29, 0.717) is 18.0 Å². The molecule has 26 heavy (non-hydrogen) atoms. The lowest BCUT2D eigenvalue weighted by Gasteiger charge is -2.09. The van der Waals surface area contributed by atoms with E-state index in [4.69, 9.17) is 9.84 Å². The highest BCUT2D eigenvalue weighted by Gasteiger charge is 2.17. The van der Waals surface area contributed by atoms with Gasteiger partial charge in [0.25, 0.3) is 5.91 Å². The van der Waals surface area contributed by atoms with E-state index in [0.717, 1.165) is 5.56 Å². The number of carbonyl (C=O) groups excluding carboxylic acids is 1. The van der Waals surface area contributed by atoms with Crippen molar-refractivity contribution < 1.29 is 19.4 Å². The molecule has 6 nitrogen and oxygen atoms in total. The zero-order valence-corrected chi connectivity index (χ0v) is 13.8. The van der Waals surface area contributed by atoms with Gasteiger partial charge >= 0.3 is 5.97 Å². The number of rotatable bonds is 6. The number of amides is 1. The molecule has 3 rings (SSSR count). The maximum Gasteiger partial charge on any atom is 0.338 e. The van der Waals surface area contributed by atoms with E-state index in [1.807, 2.05) is 30.3 Å². The van der Waals surface area contributed by atoms with Crippen LogP contribution in [0.2, 0.25) is 0 Å². The lowest BCUT2D eigenvalue weighted by molar-refractivity contribution is 0.0691. The van der Waals surface area contributed by atoms with Gasteiger partial charge in [0.1, 0.15) is 18.1 Å². The molecule has 130 valence electrons. The zero-order chi connectivity index (χ0) is 18.4. The third kappa shape index (κ3) is 4.24. The number of hydrogen-bond acceptors (Lipinski definition) is 4. The van der Waals surface area contributed by atoms with Gasteiger partial charge in [-0.2, -0.15) is 0 Å². The van der Waals surface area contributed by atoms with E-state index in [1.165, 1.54) is 18.3 Å². The molecule has 0 aliphatic carbocycles. The van der Waals surface area contributed by atoms with Gasteiger partial charge in [-0.3, -0.25) is 9.78 Å². The number of carbonyl (C=O) groups is 2. The Morgan fingerprint density at radius 1 is 0.962 bits per heavy atom. The Balaban J connectivity index is 1.64. The molecule has 0 aliphatic rings. The van der Waals surface area contributed by atoms with Crippen molar-refractivity contribution in [1.82, 2.24) is 4.98 Å². The van der Waals surface area contributed by atoms with E-state index in [-0.39, 0.29) is 11.3 Å². The molecule has 2 N–H and O–H groups in total. The molecule has 0 unspecified atom stereocenters. The smallest absolute Gasteiger partial charge is 0.338 e. The third-order valence-electron chi connectivity index (χ3n) is 3.61. The van der Waals surface area contributed by atoms with E-state index in [2.05, 4.69) is 10.3 Å². The van der Waals surface area contributed by atoms with Gasteiger partial charge in [0.15, 0.2) is 0 Å². The van der Waals surface area contributed by atoms with Crippen molar-refractivity contribution in [1.29, 1.82) is 0 Å². The topological polar surface area (TPSA) is 88.5 Å². The van der Waals surface area contributed by atoms with Gasteiger partial charge in [-0.15, -0.1) is 0 Å². The third-order valence-corrected chi connectivity index (χ3v) is 3.61. The van der Waals surface area contributed by atoms with Crippen LogP contribution in [0.15, 0.2) is 72.9 Å². The molecule has 1 heterocycles. The summed E-state index contributed by atoms with van der Waals surface area (Å²) in [4.78, 5) is 27.3. The Morgan fingerprint density at radius 2 is 1.69 bits per heavy atom. The summed E-state index contributed by atoms with van der Waals surface area (Å²) in [5.74, 6) is -1.12. The second-order valence-electron chi connectivity index (χ2n) is 5.46. The van der Waals surface area contributed by atoms with Crippen LogP contribution in [0, 0.1) is 0 Å². The highest BCUT2D eigenvalue weighted by Crippen LogP contribution is 2.18. The molecule has 0 fully saturated rings. The number of ether oxygens (including phenoxy) is 1. The summed E-state index contributed by atoms with van der Waals surface area (Å²) in [6.45, 7) is 0.447. The first-order valence-corrected chi connectivity index (χ1v) is 7.90. The Morgan fingerprint density at radius 3 is 2.38 bits per heavy atom. The second kappa shape index (κ2) is 7.94. The van der Waals surface area contributed by atoms with Crippen LogP contribution < -0.4 is 10.1 Å². The van der Waals surface area contributed by atoms with Gasteiger partial charge in [-0.05, 0) is 42.0 Å². The summed E-state index contributed by atoms with van der Waals surface area (Å²) in [6.07, 6.45) is 1.38. The molecule has 0 aliphatic heterocycles. The fourth-order valence-electron chi connectivity index (χ4n) is 2.32. The molecule has 1 aromatic heterocycles. The Hall–Kier alpha value is -3.67. The number of benzene rings is 2. The van der Waals surface area contributed by atoms with E-state index >= 15 is 0 Å². The van der Waals surface area contributed by atoms with Gasteiger partial charge in [0, 0.05) is 11.9 Å². The summed E-state index contributed by atoms with van der Waals surface area (Å²) in [5.41, 5.74) is 1.29. The lowest BCUT2D eigenvalue weighted by atomic mass is 10.2. The Kier molecular flexibility index (Phi) is 5.24. The SMILES string of the molecule is O=C(O)c1cccnc1C(=O)Nc1ccc(OCc2ccccc2)cc1. The molecule has 0 saturated carbocycles. The molecular formula is C20H16N2O4. The summed E-state index contributed by atoms with van der Waals surface area (Å²) in [6, 6.07) is 19.4. The van der Waals surface area contributed by atoms with Crippen LogP contribution in [0.5, 0.6) is 5.75 Å². The van der Waals surface area contributed by atoms with Crippen molar-refractivity contribution in [2.24, 2.45) is 0 Å². The number of nitrogens with zero attached hydrogens (tertiary/aromatic N) is 1. The summed E-state index contributed by atoms with van der Waals surface area (Å²) in [5, 5.41) is 11.8. The van der Waals surface area contributed by atoms with Crippen LogP contribution in [0.4, 0.5) is 5.69 Å². The highest BCUT2D eigenvalue weighted by molar-refractivity contribution is 6.09. The van der Waals surface area contributed by atoms with Crippen LogP contribution in [0.3, 0.4) is 0 Å². The number of pyridine rings is 1. The van der Waals surface area contributed by atoms with Gasteiger partial charge < -0.3 is 15.2 Å². The van der Waals surface area contributed by atoms with Crippen LogP contribution in [0.1, 0.15) is 26.4 Å². The van der Waals surface area contributed by atoms with Crippen LogP contribution >= 0.6 is 0 Å². The molecular weight excluding hydrogens is 332 g/mol. The number of anilines is 1. The Labute approximate surface area is 150 Å². The molecule has 2 aromatic carbocycles. The fraction of sp³-hybridized carbons (Fsp3) is 0.0500. The van der Waals surface area contributed by atoms with E-state index in [1.54, 1.807) is 24.3 Å². The van der Waals surface area contributed by atoms with E-state index in [9.17, 15) is 9.59 Å². The number of hydrogen-bond donors (Lipinski definition) is 2. The van der Waals surface area contributed by atoms with Gasteiger partial charge in [-0.25, -0.2) is 4.79 Å². The van der Waals surface area contributed by atoms with Crippen molar-refractivity contribution in [3.63, 3.8) is 0 Å². The summed E-state index contributed by atoms with van der Waals surface area (Å²) < 4.78 is 5.68. The number of aromatic carboxylic acids is 1. The van der Waals surface area contributed by atoms with Gasteiger partial charge in [0.05, 0.1) is 5.56 Å². The van der Waals surface area contributed by atoms with Crippen LogP contribution in [0.25, 0.3) is 0 Å². The van der Waals surface area contributed by atoms with Crippen molar-refractivity contribution in [3.8, 4) is 5.75 Å². The van der Waals surface area contributed by atoms with Crippen molar-refractivity contribution >= 4 is 17.6 Å². The normalized spacial score (nSPS) is 10.2. The molecule has 0 saturated heterocycles. The van der Waals surface area contributed by atoms with Crippen LogP contribution in [-0.2, 0) is 6.61 Å². The average molecular weight is 348 g/mol. The first kappa shape index (κ1) is 17.2. The number of carboxylic acids is 1. The highest BCUT2D eigenvalue weighted by atomic mass is 16.5. The minimum Gasteiger partial charge on any atom is -0.489 e. The predicted octanol–water partition coefficient (Wildman–Crippen LogP) is 3.61. The van der Waals surface area contributed by atoms with E-state index < -0.39 is 11.9 Å². The largest absolute Gasteiger partial charge is 0.489 e. The minimum atomic E-state index is -1.20. The number of aromatic nitrogens is 1. The zero-order valence-electron chi connectivity index (χ0n) is 13.8. The second-order valence-corrected chi connectivity index (χ2v) is 5.46. The van der Waals surface area contributed by atoms with Crippen molar-refractivity contribution in [2.75, 3.05) is 5.32 Å². The summed E-state index contributed by atoms with van der Waals surface area (Å²) >= 11 is 0. The van der Waals surface area contributed by atoms with Crippen molar-refractivity contribution in [3.05, 3.63) is 89.7 Å². The molecule has 0 atom stereocenters. The molecule has 3 aromatic rings. The minimum absolute atomic E-state index is 0.135. The lowest BCUT2D eigenvalue weighted by Crippen LogP contribution is -2.18. The molecule has 6 heteroatoms. The molecule has 0 radical (unpaired) electrons. The average Bonchev–Trinajstić information content (AvgIpc) is 2.68. The van der Waals surface area contributed by atoms with Crippen molar-refractivity contribution in [2.45, 2.75) is 6.61 Å².